The largest absolute Gasteiger partial charge is 0.493 e. The molecule has 6 nitrogen and oxygen atoms in total. The third kappa shape index (κ3) is 4.59. The summed E-state index contributed by atoms with van der Waals surface area (Å²) in [6.07, 6.45) is 0. The Morgan fingerprint density at radius 1 is 1.14 bits per heavy atom. The van der Waals surface area contributed by atoms with Gasteiger partial charge in [0.15, 0.2) is 28.6 Å². The topological polar surface area (TPSA) is 61.1 Å². The van der Waals surface area contributed by atoms with Crippen LogP contribution in [0.2, 0.25) is 0 Å². The Kier molecular flexibility index (Phi) is 6.21. The Morgan fingerprint density at radius 3 is 2.62 bits per heavy atom. The quantitative estimate of drug-likeness (QED) is 0.543. The average molecular weight is 405 g/mol. The number of hydrogen-bond donors (Lipinski definition) is 0. The fraction of sp³-hybridized carbons (Fsp3) is 0.286. The van der Waals surface area contributed by atoms with E-state index >= 15 is 0 Å². The number of furan rings is 1. The fourth-order valence-corrected chi connectivity index (χ4v) is 2.95. The van der Waals surface area contributed by atoms with Gasteiger partial charge in [-0.05, 0) is 36.8 Å². The number of fused-ring (bicyclic) bond motifs is 1. The van der Waals surface area contributed by atoms with Crippen molar-refractivity contribution in [2.45, 2.75) is 20.1 Å². The summed E-state index contributed by atoms with van der Waals surface area (Å²) in [7, 11) is 3.15. The maximum atomic E-state index is 12.8. The van der Waals surface area contributed by atoms with Crippen molar-refractivity contribution < 1.29 is 32.2 Å². The molecule has 0 aliphatic carbocycles. The number of alkyl halides is 2. The highest BCUT2D eigenvalue weighted by atomic mass is 19.3. The number of carbonyl (C=O) groups excluding carboxylic acids is 1. The lowest BCUT2D eigenvalue weighted by Crippen LogP contribution is -2.25. The van der Waals surface area contributed by atoms with E-state index in [2.05, 4.69) is 4.74 Å². The Balaban J connectivity index is 1.79. The molecule has 154 valence electrons. The number of hydrogen-bond acceptors (Lipinski definition) is 5. The minimum atomic E-state index is -2.95. The van der Waals surface area contributed by atoms with Crippen LogP contribution < -0.4 is 14.2 Å². The van der Waals surface area contributed by atoms with Crippen molar-refractivity contribution in [3.8, 4) is 17.2 Å². The van der Waals surface area contributed by atoms with Crippen molar-refractivity contribution in [3.63, 3.8) is 0 Å². The number of ether oxygens (including phenoxy) is 3. The predicted octanol–water partition coefficient (Wildman–Crippen LogP) is 4.71. The third-order valence-corrected chi connectivity index (χ3v) is 4.23. The Bertz CT molecular complexity index is 1000. The van der Waals surface area contributed by atoms with Gasteiger partial charge in [0, 0.05) is 19.0 Å². The number of methoxy groups -OCH3 is 1. The van der Waals surface area contributed by atoms with Crippen molar-refractivity contribution in [2.75, 3.05) is 20.8 Å². The van der Waals surface area contributed by atoms with Crippen LogP contribution in [0.5, 0.6) is 17.2 Å². The van der Waals surface area contributed by atoms with E-state index in [1.54, 1.807) is 38.2 Å². The highest BCUT2D eigenvalue weighted by molar-refractivity contribution is 5.97. The second kappa shape index (κ2) is 8.81. The van der Waals surface area contributed by atoms with E-state index in [1.807, 2.05) is 12.1 Å². The first-order valence-electron chi connectivity index (χ1n) is 8.95. The van der Waals surface area contributed by atoms with Crippen LogP contribution >= 0.6 is 0 Å². The van der Waals surface area contributed by atoms with E-state index in [4.69, 9.17) is 13.9 Å². The summed E-state index contributed by atoms with van der Waals surface area (Å²) in [5.74, 6) is 0.535. The van der Waals surface area contributed by atoms with Gasteiger partial charge in [0.05, 0.1) is 13.7 Å². The van der Waals surface area contributed by atoms with Gasteiger partial charge in [0.2, 0.25) is 0 Å². The van der Waals surface area contributed by atoms with Crippen LogP contribution in [0.4, 0.5) is 8.78 Å². The van der Waals surface area contributed by atoms with E-state index in [0.717, 1.165) is 5.39 Å². The molecular weight excluding hydrogens is 384 g/mol. The molecule has 3 rings (SSSR count). The van der Waals surface area contributed by atoms with E-state index in [1.165, 1.54) is 18.1 Å². The number of benzene rings is 2. The molecule has 0 aliphatic rings. The number of para-hydroxylation sites is 1. The second-order valence-corrected chi connectivity index (χ2v) is 6.24. The van der Waals surface area contributed by atoms with Gasteiger partial charge in [-0.3, -0.25) is 4.79 Å². The summed E-state index contributed by atoms with van der Waals surface area (Å²) < 4.78 is 45.9. The third-order valence-electron chi connectivity index (χ3n) is 4.23. The lowest BCUT2D eigenvalue weighted by Gasteiger charge is -2.18. The summed E-state index contributed by atoms with van der Waals surface area (Å²) in [5.41, 5.74) is 1.19. The SMILES string of the molecule is CCOc1cc(CN(C)C(=O)c2cc3cccc(OC)c3o2)ccc1OC(F)F. The lowest BCUT2D eigenvalue weighted by molar-refractivity contribution is -0.0514. The summed E-state index contributed by atoms with van der Waals surface area (Å²) in [6.45, 7) is -0.695. The van der Waals surface area contributed by atoms with Gasteiger partial charge >= 0.3 is 6.61 Å². The molecule has 8 heteroatoms. The molecular formula is C21H21F2NO5. The zero-order valence-corrected chi connectivity index (χ0v) is 16.3. The molecule has 0 unspecified atom stereocenters. The molecule has 0 atom stereocenters. The summed E-state index contributed by atoms with van der Waals surface area (Å²) in [4.78, 5) is 14.2. The van der Waals surface area contributed by atoms with Crippen LogP contribution in [0.25, 0.3) is 11.0 Å². The van der Waals surface area contributed by atoms with Crippen molar-refractivity contribution in [1.29, 1.82) is 0 Å². The highest BCUT2D eigenvalue weighted by Gasteiger charge is 2.19. The number of amides is 1. The maximum Gasteiger partial charge on any atom is 0.387 e. The first-order valence-corrected chi connectivity index (χ1v) is 8.95. The second-order valence-electron chi connectivity index (χ2n) is 6.24. The molecule has 3 aromatic rings. The molecule has 1 amide bonds. The van der Waals surface area contributed by atoms with Crippen LogP contribution in [0.15, 0.2) is 46.9 Å². The van der Waals surface area contributed by atoms with E-state index < -0.39 is 6.61 Å². The molecule has 29 heavy (non-hydrogen) atoms. The average Bonchev–Trinajstić information content (AvgIpc) is 3.13. The zero-order valence-electron chi connectivity index (χ0n) is 16.3. The fourth-order valence-electron chi connectivity index (χ4n) is 2.95. The summed E-state index contributed by atoms with van der Waals surface area (Å²) in [5, 5.41) is 0.758. The van der Waals surface area contributed by atoms with E-state index in [0.29, 0.717) is 23.5 Å². The minimum absolute atomic E-state index is 0.0519. The van der Waals surface area contributed by atoms with Crippen LogP contribution in [0, 0.1) is 0 Å². The van der Waals surface area contributed by atoms with Crippen LogP contribution in [0.1, 0.15) is 23.0 Å². The lowest BCUT2D eigenvalue weighted by atomic mass is 10.2. The number of carbonyl (C=O) groups is 1. The molecule has 0 radical (unpaired) electrons. The number of rotatable bonds is 8. The minimum Gasteiger partial charge on any atom is -0.493 e. The molecule has 2 aromatic carbocycles. The molecule has 0 fully saturated rings. The van der Waals surface area contributed by atoms with Crippen molar-refractivity contribution in [2.24, 2.45) is 0 Å². The van der Waals surface area contributed by atoms with E-state index in [9.17, 15) is 13.6 Å². The molecule has 0 saturated heterocycles. The smallest absolute Gasteiger partial charge is 0.387 e. The summed E-state index contributed by atoms with van der Waals surface area (Å²) >= 11 is 0. The van der Waals surface area contributed by atoms with Gasteiger partial charge in [0.25, 0.3) is 5.91 Å². The standard InChI is InChI=1S/C21H21F2NO5/c1-4-27-17-10-13(8-9-15(17)29-21(22)23)12-24(2)20(25)18-11-14-6-5-7-16(26-3)19(14)28-18/h5-11,21H,4,12H2,1-3H3. The first-order chi connectivity index (χ1) is 13.9. The van der Waals surface area contributed by atoms with Crippen LogP contribution in [-0.4, -0.2) is 38.2 Å². The first kappa shape index (κ1) is 20.4. The van der Waals surface area contributed by atoms with Crippen molar-refractivity contribution in [3.05, 3.63) is 53.8 Å². The number of nitrogens with zero attached hydrogens (tertiary/aromatic N) is 1. The van der Waals surface area contributed by atoms with E-state index in [-0.39, 0.29) is 29.7 Å². The molecule has 0 N–H and O–H groups in total. The summed E-state index contributed by atoms with van der Waals surface area (Å²) in [6, 6.07) is 11.6. The molecule has 0 bridgehead atoms. The van der Waals surface area contributed by atoms with Gasteiger partial charge < -0.3 is 23.5 Å². The Morgan fingerprint density at radius 2 is 1.93 bits per heavy atom. The van der Waals surface area contributed by atoms with Crippen LogP contribution in [-0.2, 0) is 6.54 Å². The molecule has 1 heterocycles. The van der Waals surface area contributed by atoms with Crippen LogP contribution in [0.3, 0.4) is 0 Å². The van der Waals surface area contributed by atoms with Gasteiger partial charge in [-0.1, -0.05) is 18.2 Å². The molecule has 0 aliphatic heterocycles. The molecule has 0 spiro atoms. The Hall–Kier alpha value is -3.29. The van der Waals surface area contributed by atoms with Gasteiger partial charge in [-0.15, -0.1) is 0 Å². The molecule has 0 saturated carbocycles. The Labute approximate surface area is 166 Å². The normalized spacial score (nSPS) is 11.0. The maximum absolute atomic E-state index is 12.8. The monoisotopic (exact) mass is 405 g/mol. The number of halogens is 2. The zero-order chi connectivity index (χ0) is 21.0. The predicted molar refractivity (Wildman–Crippen MR) is 103 cm³/mol. The van der Waals surface area contributed by atoms with Gasteiger partial charge in [-0.25, -0.2) is 0 Å². The van der Waals surface area contributed by atoms with Gasteiger partial charge in [0.1, 0.15) is 0 Å². The van der Waals surface area contributed by atoms with Crippen molar-refractivity contribution in [1.82, 2.24) is 4.90 Å². The highest BCUT2D eigenvalue weighted by Crippen LogP contribution is 2.31. The molecule has 1 aromatic heterocycles. The van der Waals surface area contributed by atoms with Crippen molar-refractivity contribution >= 4 is 16.9 Å². The van der Waals surface area contributed by atoms with Gasteiger partial charge in [-0.2, -0.15) is 8.78 Å².